The zero-order valence-electron chi connectivity index (χ0n) is 11.6. The van der Waals surface area contributed by atoms with Crippen molar-refractivity contribution in [1.29, 1.82) is 0 Å². The SMILES string of the molecule is Cc1ccc(NC(=O)CN2CCCC(C=O)C2)cc1F. The van der Waals surface area contributed by atoms with Gasteiger partial charge in [0.15, 0.2) is 0 Å². The molecule has 108 valence electrons. The Kier molecular flexibility index (Phi) is 4.84. The van der Waals surface area contributed by atoms with Crippen LogP contribution in [0.25, 0.3) is 0 Å². The number of hydrogen-bond acceptors (Lipinski definition) is 3. The molecule has 0 aromatic heterocycles. The molecule has 1 N–H and O–H groups in total. The van der Waals surface area contributed by atoms with E-state index in [0.717, 1.165) is 25.7 Å². The first-order valence-electron chi connectivity index (χ1n) is 6.82. The maximum atomic E-state index is 13.4. The Balaban J connectivity index is 1.88. The van der Waals surface area contributed by atoms with Gasteiger partial charge in [-0.05, 0) is 44.0 Å². The third kappa shape index (κ3) is 3.87. The van der Waals surface area contributed by atoms with Crippen LogP contribution in [0.5, 0.6) is 0 Å². The van der Waals surface area contributed by atoms with Crippen molar-refractivity contribution in [3.63, 3.8) is 0 Å². The van der Waals surface area contributed by atoms with Gasteiger partial charge in [-0.2, -0.15) is 0 Å². The van der Waals surface area contributed by atoms with Crippen molar-refractivity contribution in [2.24, 2.45) is 5.92 Å². The summed E-state index contributed by atoms with van der Waals surface area (Å²) in [6.07, 6.45) is 2.78. The van der Waals surface area contributed by atoms with Crippen molar-refractivity contribution in [2.45, 2.75) is 19.8 Å². The van der Waals surface area contributed by atoms with Crippen molar-refractivity contribution in [1.82, 2.24) is 4.90 Å². The molecule has 0 spiro atoms. The molecule has 1 heterocycles. The highest BCUT2D eigenvalue weighted by Crippen LogP contribution is 2.16. The monoisotopic (exact) mass is 278 g/mol. The van der Waals surface area contributed by atoms with E-state index in [0.29, 0.717) is 17.8 Å². The summed E-state index contributed by atoms with van der Waals surface area (Å²) in [7, 11) is 0. The first-order valence-corrected chi connectivity index (χ1v) is 6.82. The van der Waals surface area contributed by atoms with Crippen LogP contribution in [0.3, 0.4) is 0 Å². The maximum absolute atomic E-state index is 13.4. The average molecular weight is 278 g/mol. The van der Waals surface area contributed by atoms with E-state index in [1.165, 1.54) is 6.07 Å². The standard InChI is InChI=1S/C15H19FN2O2/c1-11-4-5-13(7-14(11)16)17-15(20)9-18-6-2-3-12(8-18)10-19/h4-5,7,10,12H,2-3,6,8-9H2,1H3,(H,17,20). The maximum Gasteiger partial charge on any atom is 0.238 e. The number of halogens is 1. The number of carbonyl (C=O) groups is 2. The predicted molar refractivity (Wildman–Crippen MR) is 75.0 cm³/mol. The summed E-state index contributed by atoms with van der Waals surface area (Å²) in [5.74, 6) is -0.491. The van der Waals surface area contributed by atoms with Gasteiger partial charge in [-0.25, -0.2) is 4.39 Å². The number of anilines is 1. The van der Waals surface area contributed by atoms with E-state index in [2.05, 4.69) is 5.32 Å². The number of carbonyl (C=O) groups excluding carboxylic acids is 2. The van der Waals surface area contributed by atoms with Gasteiger partial charge >= 0.3 is 0 Å². The number of aldehydes is 1. The lowest BCUT2D eigenvalue weighted by atomic mass is 10.00. The molecule has 1 atom stereocenters. The molecule has 1 aromatic carbocycles. The summed E-state index contributed by atoms with van der Waals surface area (Å²) in [5, 5.41) is 2.68. The van der Waals surface area contributed by atoms with E-state index in [1.54, 1.807) is 19.1 Å². The zero-order valence-corrected chi connectivity index (χ0v) is 11.6. The Morgan fingerprint density at radius 1 is 1.55 bits per heavy atom. The number of amides is 1. The van der Waals surface area contributed by atoms with Gasteiger partial charge in [-0.15, -0.1) is 0 Å². The Bertz CT molecular complexity index is 505. The van der Waals surface area contributed by atoms with Gasteiger partial charge in [-0.3, -0.25) is 9.69 Å². The van der Waals surface area contributed by atoms with Crippen LogP contribution < -0.4 is 5.32 Å². The second-order valence-electron chi connectivity index (χ2n) is 5.29. The van der Waals surface area contributed by atoms with Crippen molar-refractivity contribution < 1.29 is 14.0 Å². The molecule has 20 heavy (non-hydrogen) atoms. The molecule has 1 aliphatic heterocycles. The number of nitrogens with zero attached hydrogens (tertiary/aromatic N) is 1. The zero-order chi connectivity index (χ0) is 14.5. The topological polar surface area (TPSA) is 49.4 Å². The molecule has 1 saturated heterocycles. The molecule has 4 nitrogen and oxygen atoms in total. The summed E-state index contributed by atoms with van der Waals surface area (Å²) in [4.78, 5) is 24.7. The van der Waals surface area contributed by atoms with Gasteiger partial charge in [-0.1, -0.05) is 6.07 Å². The van der Waals surface area contributed by atoms with Crippen LogP contribution in [0, 0.1) is 18.7 Å². The van der Waals surface area contributed by atoms with Crippen LogP contribution in [-0.4, -0.2) is 36.7 Å². The summed E-state index contributed by atoms with van der Waals surface area (Å²) < 4.78 is 13.4. The molecule has 1 unspecified atom stereocenters. The Morgan fingerprint density at radius 2 is 2.35 bits per heavy atom. The van der Waals surface area contributed by atoms with Crippen LogP contribution in [0.2, 0.25) is 0 Å². The number of hydrogen-bond donors (Lipinski definition) is 1. The predicted octanol–water partition coefficient (Wildman–Crippen LogP) is 1.98. The highest BCUT2D eigenvalue weighted by atomic mass is 19.1. The molecular formula is C15H19FN2O2. The number of benzene rings is 1. The molecule has 0 bridgehead atoms. The van der Waals surface area contributed by atoms with Gasteiger partial charge in [0.05, 0.1) is 6.54 Å². The Labute approximate surface area is 118 Å². The lowest BCUT2D eigenvalue weighted by Gasteiger charge is -2.29. The van der Waals surface area contributed by atoms with Crippen molar-refractivity contribution >= 4 is 17.9 Å². The van der Waals surface area contributed by atoms with Gasteiger partial charge in [0.1, 0.15) is 12.1 Å². The third-order valence-corrected chi connectivity index (χ3v) is 3.56. The van der Waals surface area contributed by atoms with Crippen LogP contribution in [0.15, 0.2) is 18.2 Å². The second kappa shape index (κ2) is 6.61. The van der Waals surface area contributed by atoms with Crippen molar-refractivity contribution in [3.8, 4) is 0 Å². The summed E-state index contributed by atoms with van der Waals surface area (Å²) in [6.45, 7) is 3.35. The van der Waals surface area contributed by atoms with Crippen LogP contribution in [0.4, 0.5) is 10.1 Å². The summed E-state index contributed by atoms with van der Waals surface area (Å²) in [6, 6.07) is 4.63. The summed E-state index contributed by atoms with van der Waals surface area (Å²) >= 11 is 0. The number of rotatable bonds is 4. The fourth-order valence-corrected chi connectivity index (χ4v) is 2.42. The fourth-order valence-electron chi connectivity index (χ4n) is 2.42. The normalized spacial score (nSPS) is 19.6. The lowest BCUT2D eigenvalue weighted by molar-refractivity contribution is -0.119. The van der Waals surface area contributed by atoms with Crippen LogP contribution in [-0.2, 0) is 9.59 Å². The molecule has 1 fully saturated rings. The molecule has 0 radical (unpaired) electrons. The van der Waals surface area contributed by atoms with Gasteiger partial charge in [0.2, 0.25) is 5.91 Å². The van der Waals surface area contributed by atoms with E-state index in [1.807, 2.05) is 4.90 Å². The van der Waals surface area contributed by atoms with Crippen LogP contribution in [0.1, 0.15) is 18.4 Å². The Hall–Kier alpha value is -1.75. The lowest BCUT2D eigenvalue weighted by Crippen LogP contribution is -2.40. The van der Waals surface area contributed by atoms with E-state index in [4.69, 9.17) is 0 Å². The minimum atomic E-state index is -0.332. The average Bonchev–Trinajstić information content (AvgIpc) is 2.43. The molecular weight excluding hydrogens is 259 g/mol. The van der Waals surface area contributed by atoms with E-state index >= 15 is 0 Å². The second-order valence-corrected chi connectivity index (χ2v) is 5.29. The van der Waals surface area contributed by atoms with Gasteiger partial charge in [0, 0.05) is 18.2 Å². The van der Waals surface area contributed by atoms with Crippen LogP contribution >= 0.6 is 0 Å². The Morgan fingerprint density at radius 3 is 3.05 bits per heavy atom. The molecule has 0 aliphatic carbocycles. The molecule has 0 saturated carbocycles. The largest absolute Gasteiger partial charge is 0.325 e. The molecule has 1 aromatic rings. The highest BCUT2D eigenvalue weighted by Gasteiger charge is 2.21. The minimum Gasteiger partial charge on any atom is -0.325 e. The van der Waals surface area contributed by atoms with E-state index in [-0.39, 0.29) is 24.2 Å². The fraction of sp³-hybridized carbons (Fsp3) is 0.467. The third-order valence-electron chi connectivity index (χ3n) is 3.56. The number of piperidine rings is 1. The van der Waals surface area contributed by atoms with E-state index < -0.39 is 0 Å². The van der Waals surface area contributed by atoms with Crippen molar-refractivity contribution in [2.75, 3.05) is 25.0 Å². The van der Waals surface area contributed by atoms with Gasteiger partial charge < -0.3 is 10.1 Å². The van der Waals surface area contributed by atoms with Crippen molar-refractivity contribution in [3.05, 3.63) is 29.6 Å². The smallest absolute Gasteiger partial charge is 0.238 e. The van der Waals surface area contributed by atoms with Gasteiger partial charge in [0.25, 0.3) is 0 Å². The first-order chi connectivity index (χ1) is 9.58. The number of nitrogens with one attached hydrogen (secondary N) is 1. The summed E-state index contributed by atoms with van der Waals surface area (Å²) in [5.41, 5.74) is 1.01. The highest BCUT2D eigenvalue weighted by molar-refractivity contribution is 5.92. The van der Waals surface area contributed by atoms with E-state index in [9.17, 15) is 14.0 Å². The quantitative estimate of drug-likeness (QED) is 0.857. The number of aryl methyl sites for hydroxylation is 1. The molecule has 2 rings (SSSR count). The minimum absolute atomic E-state index is 0.0216. The molecule has 1 aliphatic rings. The molecule has 1 amide bonds. The molecule has 5 heteroatoms. The number of likely N-dealkylation sites (tertiary alicyclic amines) is 1. The first kappa shape index (κ1) is 14.7.